The summed E-state index contributed by atoms with van der Waals surface area (Å²) in [7, 11) is -3.86. The van der Waals surface area contributed by atoms with E-state index < -0.39 is 29.4 Å². The molecule has 0 radical (unpaired) electrons. The molecule has 1 aromatic carbocycles. The molecule has 0 atom stereocenters. The molecular weight excluding hydrogens is 311 g/mol. The summed E-state index contributed by atoms with van der Waals surface area (Å²) in [6, 6.07) is 4.42. The molecule has 0 aliphatic heterocycles. The summed E-state index contributed by atoms with van der Waals surface area (Å²) in [6.07, 6.45) is -4.44. The molecule has 2 N–H and O–H groups in total. The second kappa shape index (κ2) is 7.21. The van der Waals surface area contributed by atoms with E-state index >= 15 is 0 Å². The van der Waals surface area contributed by atoms with E-state index in [9.17, 15) is 21.6 Å². The summed E-state index contributed by atoms with van der Waals surface area (Å²) >= 11 is 0. The molecule has 5 nitrogen and oxygen atoms in total. The first kappa shape index (κ1) is 17.9. The number of sulfonamides is 1. The normalized spacial score (nSPS) is 12.6. The molecule has 120 valence electrons. The van der Waals surface area contributed by atoms with E-state index in [0.29, 0.717) is 11.1 Å². The van der Waals surface area contributed by atoms with Crippen LogP contribution in [0.5, 0.6) is 0 Å². The molecular formula is C12H16F3NO4S. The first-order valence-corrected chi connectivity index (χ1v) is 7.49. The SMILES string of the molecule is Cc1c(CO)cccc1S(=O)(=O)NCCOCC(F)(F)F. The number of aliphatic hydroxyl groups excluding tert-OH is 1. The van der Waals surface area contributed by atoms with Gasteiger partial charge < -0.3 is 9.84 Å². The van der Waals surface area contributed by atoms with Gasteiger partial charge >= 0.3 is 6.18 Å². The van der Waals surface area contributed by atoms with Crippen molar-refractivity contribution in [3.05, 3.63) is 29.3 Å². The van der Waals surface area contributed by atoms with E-state index in [-0.39, 0.29) is 18.0 Å². The minimum absolute atomic E-state index is 0.0233. The fourth-order valence-electron chi connectivity index (χ4n) is 1.64. The number of benzene rings is 1. The lowest BCUT2D eigenvalue weighted by Crippen LogP contribution is -2.29. The van der Waals surface area contributed by atoms with Gasteiger partial charge in [0.1, 0.15) is 6.61 Å². The summed E-state index contributed by atoms with van der Waals surface area (Å²) in [5.74, 6) is 0. The zero-order chi connectivity index (χ0) is 16.1. The fraction of sp³-hybridized carbons (Fsp3) is 0.500. The predicted octanol–water partition coefficient (Wildman–Crippen LogP) is 1.34. The average Bonchev–Trinajstić information content (AvgIpc) is 2.37. The lowest BCUT2D eigenvalue weighted by molar-refractivity contribution is -0.173. The average molecular weight is 327 g/mol. The summed E-state index contributed by atoms with van der Waals surface area (Å²) in [4.78, 5) is -0.0233. The number of halogens is 3. The second-order valence-corrected chi connectivity index (χ2v) is 6.00. The van der Waals surface area contributed by atoms with Crippen molar-refractivity contribution < 1.29 is 31.4 Å². The Hall–Kier alpha value is -1.16. The minimum Gasteiger partial charge on any atom is -0.392 e. The third kappa shape index (κ3) is 5.62. The third-order valence-electron chi connectivity index (χ3n) is 2.66. The largest absolute Gasteiger partial charge is 0.411 e. The van der Waals surface area contributed by atoms with Crippen LogP contribution in [0, 0.1) is 6.92 Å². The minimum atomic E-state index is -4.44. The molecule has 0 aromatic heterocycles. The van der Waals surface area contributed by atoms with Crippen LogP contribution in [0.25, 0.3) is 0 Å². The Labute approximate surface area is 120 Å². The molecule has 0 saturated carbocycles. The fourth-order valence-corrected chi connectivity index (χ4v) is 2.94. The van der Waals surface area contributed by atoms with Crippen LogP contribution in [0.2, 0.25) is 0 Å². The molecule has 1 aromatic rings. The van der Waals surface area contributed by atoms with Crippen molar-refractivity contribution in [2.24, 2.45) is 0 Å². The highest BCUT2D eigenvalue weighted by Gasteiger charge is 2.27. The van der Waals surface area contributed by atoms with Crippen LogP contribution in [0.1, 0.15) is 11.1 Å². The van der Waals surface area contributed by atoms with E-state index in [1.165, 1.54) is 12.1 Å². The molecule has 0 spiro atoms. The van der Waals surface area contributed by atoms with Gasteiger partial charge in [0.25, 0.3) is 0 Å². The van der Waals surface area contributed by atoms with Crippen molar-refractivity contribution in [1.29, 1.82) is 0 Å². The Kier molecular flexibility index (Phi) is 6.14. The lowest BCUT2D eigenvalue weighted by atomic mass is 10.1. The number of alkyl halides is 3. The van der Waals surface area contributed by atoms with Crippen molar-refractivity contribution >= 4 is 10.0 Å². The molecule has 0 bridgehead atoms. The number of rotatable bonds is 7. The van der Waals surface area contributed by atoms with Crippen LogP contribution in [-0.2, 0) is 21.4 Å². The van der Waals surface area contributed by atoms with Gasteiger partial charge in [-0.25, -0.2) is 13.1 Å². The molecule has 21 heavy (non-hydrogen) atoms. The smallest absolute Gasteiger partial charge is 0.392 e. The standard InChI is InChI=1S/C12H16F3NO4S/c1-9-10(7-17)3-2-4-11(9)21(18,19)16-5-6-20-8-12(13,14)15/h2-4,16-17H,5-8H2,1H3. The van der Waals surface area contributed by atoms with Gasteiger partial charge in [-0.3, -0.25) is 0 Å². The Morgan fingerprint density at radius 2 is 2.00 bits per heavy atom. The van der Waals surface area contributed by atoms with Gasteiger partial charge in [-0.05, 0) is 24.1 Å². The maximum atomic E-state index is 12.0. The van der Waals surface area contributed by atoms with Crippen LogP contribution < -0.4 is 4.72 Å². The molecule has 1 rings (SSSR count). The van der Waals surface area contributed by atoms with Crippen molar-refractivity contribution in [3.8, 4) is 0 Å². The Morgan fingerprint density at radius 3 is 2.57 bits per heavy atom. The van der Waals surface area contributed by atoms with Crippen LogP contribution in [-0.4, -0.2) is 39.5 Å². The van der Waals surface area contributed by atoms with E-state index in [0.717, 1.165) is 0 Å². The third-order valence-corrected chi connectivity index (χ3v) is 4.27. The Morgan fingerprint density at radius 1 is 1.33 bits per heavy atom. The summed E-state index contributed by atoms with van der Waals surface area (Å²) in [5, 5.41) is 9.09. The first-order valence-electron chi connectivity index (χ1n) is 6.01. The predicted molar refractivity (Wildman–Crippen MR) is 69.2 cm³/mol. The number of ether oxygens (including phenoxy) is 1. The van der Waals surface area contributed by atoms with E-state index in [2.05, 4.69) is 9.46 Å². The Bertz CT molecular complexity index is 572. The van der Waals surface area contributed by atoms with Gasteiger partial charge in [0.2, 0.25) is 10.0 Å². The molecule has 9 heteroatoms. The maximum absolute atomic E-state index is 12.0. The van der Waals surface area contributed by atoms with Crippen LogP contribution in [0.4, 0.5) is 13.2 Å². The summed E-state index contributed by atoms with van der Waals surface area (Å²) < 4.78 is 66.0. The van der Waals surface area contributed by atoms with Gasteiger partial charge in [0.05, 0.1) is 18.1 Å². The molecule has 0 amide bonds. The van der Waals surface area contributed by atoms with Crippen molar-refractivity contribution in [3.63, 3.8) is 0 Å². The highest BCUT2D eigenvalue weighted by molar-refractivity contribution is 7.89. The molecule has 0 saturated heterocycles. The molecule has 0 unspecified atom stereocenters. The van der Waals surface area contributed by atoms with Gasteiger partial charge in [-0.15, -0.1) is 0 Å². The topological polar surface area (TPSA) is 75.6 Å². The lowest BCUT2D eigenvalue weighted by Gasteiger charge is -2.12. The number of hydrogen-bond donors (Lipinski definition) is 2. The van der Waals surface area contributed by atoms with E-state index in [4.69, 9.17) is 5.11 Å². The number of nitrogens with one attached hydrogen (secondary N) is 1. The van der Waals surface area contributed by atoms with Crippen molar-refractivity contribution in [2.45, 2.75) is 24.6 Å². The molecule has 0 heterocycles. The number of aliphatic hydroxyl groups is 1. The quantitative estimate of drug-likeness (QED) is 0.741. The molecule has 0 aliphatic carbocycles. The van der Waals surface area contributed by atoms with E-state index in [1.807, 2.05) is 0 Å². The van der Waals surface area contributed by atoms with Crippen LogP contribution in [0.3, 0.4) is 0 Å². The zero-order valence-electron chi connectivity index (χ0n) is 11.3. The highest BCUT2D eigenvalue weighted by atomic mass is 32.2. The van der Waals surface area contributed by atoms with Crippen molar-refractivity contribution in [2.75, 3.05) is 19.8 Å². The Balaban J connectivity index is 2.62. The second-order valence-electron chi connectivity index (χ2n) is 4.26. The van der Waals surface area contributed by atoms with Crippen molar-refractivity contribution in [1.82, 2.24) is 4.72 Å². The van der Waals surface area contributed by atoms with Crippen LogP contribution >= 0.6 is 0 Å². The summed E-state index contributed by atoms with van der Waals surface area (Å²) in [6.45, 7) is -0.851. The maximum Gasteiger partial charge on any atom is 0.411 e. The monoisotopic (exact) mass is 327 g/mol. The molecule has 0 fully saturated rings. The summed E-state index contributed by atoms with van der Waals surface area (Å²) in [5.41, 5.74) is 0.856. The van der Waals surface area contributed by atoms with Gasteiger partial charge in [-0.2, -0.15) is 13.2 Å². The van der Waals surface area contributed by atoms with Gasteiger partial charge in [0, 0.05) is 6.54 Å². The van der Waals surface area contributed by atoms with Crippen LogP contribution in [0.15, 0.2) is 23.1 Å². The van der Waals surface area contributed by atoms with Gasteiger partial charge in [-0.1, -0.05) is 12.1 Å². The van der Waals surface area contributed by atoms with E-state index in [1.54, 1.807) is 13.0 Å². The first-order chi connectivity index (χ1) is 9.67. The number of hydrogen-bond acceptors (Lipinski definition) is 4. The molecule has 0 aliphatic rings. The zero-order valence-corrected chi connectivity index (χ0v) is 12.1. The highest BCUT2D eigenvalue weighted by Crippen LogP contribution is 2.18. The van der Waals surface area contributed by atoms with Gasteiger partial charge in [0.15, 0.2) is 0 Å².